The van der Waals surface area contributed by atoms with Crippen LogP contribution in [-0.4, -0.2) is 26.3 Å². The maximum Gasteiger partial charge on any atom is 0.264 e. The van der Waals surface area contributed by atoms with Crippen molar-refractivity contribution in [2.24, 2.45) is 0 Å². The second-order valence-electron chi connectivity index (χ2n) is 4.95. The van der Waals surface area contributed by atoms with Gasteiger partial charge in [0.1, 0.15) is 0 Å². The first kappa shape index (κ1) is 16.1. The Morgan fingerprint density at radius 1 is 1.19 bits per heavy atom. The third kappa shape index (κ3) is 5.95. The van der Waals surface area contributed by atoms with Crippen molar-refractivity contribution < 1.29 is 12.6 Å². The van der Waals surface area contributed by atoms with Crippen LogP contribution < -0.4 is 0 Å². The fraction of sp³-hybridized carbons (Fsp3) is 0.400. The number of rotatable bonds is 7. The Balaban J connectivity index is 1.88. The van der Waals surface area contributed by atoms with Crippen molar-refractivity contribution in [1.82, 2.24) is 4.98 Å². The summed E-state index contributed by atoms with van der Waals surface area (Å²) in [5.41, 5.74) is 3.45. The molecule has 0 radical (unpaired) electrons. The maximum atomic E-state index is 10.9. The molecule has 4 nitrogen and oxygen atoms in total. The van der Waals surface area contributed by atoms with Crippen LogP contribution in [0.5, 0.6) is 0 Å². The van der Waals surface area contributed by atoms with E-state index in [4.69, 9.17) is 4.18 Å². The highest BCUT2D eigenvalue weighted by Gasteiger charge is 2.03. The monoisotopic (exact) mass is 325 g/mol. The number of aryl methyl sites for hydroxylation is 3. The van der Waals surface area contributed by atoms with Gasteiger partial charge in [-0.1, -0.05) is 24.3 Å². The van der Waals surface area contributed by atoms with E-state index >= 15 is 0 Å². The molecule has 0 amide bonds. The summed E-state index contributed by atoms with van der Waals surface area (Å²) >= 11 is 1.67. The van der Waals surface area contributed by atoms with E-state index in [0.717, 1.165) is 35.4 Å². The highest BCUT2D eigenvalue weighted by Crippen LogP contribution is 2.13. The molecule has 0 atom stereocenters. The first-order valence-corrected chi connectivity index (χ1v) is 9.45. The van der Waals surface area contributed by atoms with E-state index in [1.807, 2.05) is 19.1 Å². The van der Waals surface area contributed by atoms with Crippen LogP contribution in [0.15, 0.2) is 29.6 Å². The third-order valence-corrected chi connectivity index (χ3v) is 4.43. The summed E-state index contributed by atoms with van der Waals surface area (Å²) in [7, 11) is -3.36. The van der Waals surface area contributed by atoms with Gasteiger partial charge in [0.25, 0.3) is 10.1 Å². The summed E-state index contributed by atoms with van der Waals surface area (Å²) in [6, 6.07) is 8.17. The molecule has 21 heavy (non-hydrogen) atoms. The minimum absolute atomic E-state index is 0.188. The number of hydrogen-bond donors (Lipinski definition) is 0. The zero-order valence-electron chi connectivity index (χ0n) is 12.2. The molecule has 0 unspecified atom stereocenters. The molecule has 0 fully saturated rings. The molecule has 1 aromatic heterocycles. The summed E-state index contributed by atoms with van der Waals surface area (Å²) in [6.45, 7) is 2.20. The molecule has 1 aromatic carbocycles. The zero-order valence-corrected chi connectivity index (χ0v) is 13.8. The summed E-state index contributed by atoms with van der Waals surface area (Å²) in [6.07, 6.45) is 3.52. The smallest absolute Gasteiger partial charge is 0.264 e. The average Bonchev–Trinajstić information content (AvgIpc) is 2.81. The lowest BCUT2D eigenvalue weighted by molar-refractivity contribution is 0.326. The average molecular weight is 325 g/mol. The highest BCUT2D eigenvalue weighted by molar-refractivity contribution is 7.85. The van der Waals surface area contributed by atoms with Crippen LogP contribution in [0.2, 0.25) is 0 Å². The molecule has 114 valence electrons. The Morgan fingerprint density at radius 2 is 1.90 bits per heavy atom. The van der Waals surface area contributed by atoms with E-state index in [1.54, 1.807) is 11.3 Å². The SMILES string of the molecule is Cc1nc(CCc2cccc(CCOS(C)(=O)=O)c2)cs1. The second kappa shape index (κ2) is 7.15. The van der Waals surface area contributed by atoms with Gasteiger partial charge in [-0.15, -0.1) is 11.3 Å². The van der Waals surface area contributed by atoms with Crippen LogP contribution in [0.1, 0.15) is 21.8 Å². The molecule has 2 rings (SSSR count). The lowest BCUT2D eigenvalue weighted by Gasteiger charge is -2.05. The molecule has 2 aromatic rings. The fourth-order valence-electron chi connectivity index (χ4n) is 2.05. The van der Waals surface area contributed by atoms with E-state index < -0.39 is 10.1 Å². The van der Waals surface area contributed by atoms with Gasteiger partial charge in [0.15, 0.2) is 0 Å². The molecule has 0 N–H and O–H groups in total. The van der Waals surface area contributed by atoms with Gasteiger partial charge in [-0.05, 0) is 37.3 Å². The topological polar surface area (TPSA) is 56.3 Å². The maximum absolute atomic E-state index is 10.9. The van der Waals surface area contributed by atoms with E-state index in [1.165, 1.54) is 5.56 Å². The molecule has 6 heteroatoms. The van der Waals surface area contributed by atoms with Crippen LogP contribution in [0.4, 0.5) is 0 Å². The Bertz CT molecular complexity index is 692. The highest BCUT2D eigenvalue weighted by atomic mass is 32.2. The summed E-state index contributed by atoms with van der Waals surface area (Å²) in [5.74, 6) is 0. The second-order valence-corrected chi connectivity index (χ2v) is 7.66. The Hall–Kier alpha value is -1.24. The van der Waals surface area contributed by atoms with E-state index in [0.29, 0.717) is 6.42 Å². The molecule has 0 saturated carbocycles. The van der Waals surface area contributed by atoms with Gasteiger partial charge in [0.05, 0.1) is 23.6 Å². The lowest BCUT2D eigenvalue weighted by Crippen LogP contribution is -2.06. The van der Waals surface area contributed by atoms with Gasteiger partial charge in [-0.2, -0.15) is 8.42 Å². The van der Waals surface area contributed by atoms with Crippen LogP contribution in [0.25, 0.3) is 0 Å². The Kier molecular flexibility index (Phi) is 5.50. The van der Waals surface area contributed by atoms with Crippen LogP contribution >= 0.6 is 11.3 Å². The number of aromatic nitrogens is 1. The lowest BCUT2D eigenvalue weighted by atomic mass is 10.0. The largest absolute Gasteiger partial charge is 0.270 e. The molecule has 0 aliphatic heterocycles. The number of hydrogen-bond acceptors (Lipinski definition) is 5. The quantitative estimate of drug-likeness (QED) is 0.735. The summed E-state index contributed by atoms with van der Waals surface area (Å²) in [5, 5.41) is 3.19. The van der Waals surface area contributed by atoms with Gasteiger partial charge in [0.2, 0.25) is 0 Å². The van der Waals surface area contributed by atoms with E-state index in [-0.39, 0.29) is 6.61 Å². The predicted octanol–water partition coefficient (Wildman–Crippen LogP) is 2.76. The zero-order chi connectivity index (χ0) is 15.3. The number of nitrogens with zero attached hydrogens (tertiary/aromatic N) is 1. The first-order chi connectivity index (χ1) is 9.92. The van der Waals surface area contributed by atoms with Crippen LogP contribution in [-0.2, 0) is 33.6 Å². The van der Waals surface area contributed by atoms with E-state index in [2.05, 4.69) is 22.5 Å². The first-order valence-electron chi connectivity index (χ1n) is 6.75. The van der Waals surface area contributed by atoms with Crippen molar-refractivity contribution in [3.05, 3.63) is 51.5 Å². The molecule has 0 aliphatic carbocycles. The Labute approximate surface area is 129 Å². The molecular formula is C15H19NO3S2. The molecule has 1 heterocycles. The third-order valence-electron chi connectivity index (χ3n) is 3.02. The minimum atomic E-state index is -3.36. The van der Waals surface area contributed by atoms with Gasteiger partial charge < -0.3 is 0 Å². The van der Waals surface area contributed by atoms with Crippen LogP contribution in [0.3, 0.4) is 0 Å². The summed E-state index contributed by atoms with van der Waals surface area (Å²) in [4.78, 5) is 4.46. The fourth-order valence-corrected chi connectivity index (χ4v) is 3.08. The molecule has 0 aliphatic rings. The molecule has 0 spiro atoms. The van der Waals surface area contributed by atoms with Gasteiger partial charge in [-0.25, -0.2) is 4.98 Å². The normalized spacial score (nSPS) is 11.7. The summed E-state index contributed by atoms with van der Waals surface area (Å²) < 4.78 is 26.6. The van der Waals surface area contributed by atoms with Crippen molar-refractivity contribution in [2.45, 2.75) is 26.2 Å². The number of benzene rings is 1. The van der Waals surface area contributed by atoms with Gasteiger partial charge in [0, 0.05) is 5.38 Å². The molecular weight excluding hydrogens is 306 g/mol. The predicted molar refractivity (Wildman–Crippen MR) is 85.2 cm³/mol. The number of thiazole rings is 1. The van der Waals surface area contributed by atoms with Crippen molar-refractivity contribution in [2.75, 3.05) is 12.9 Å². The molecule has 0 saturated heterocycles. The van der Waals surface area contributed by atoms with Crippen molar-refractivity contribution in [3.63, 3.8) is 0 Å². The molecule has 0 bridgehead atoms. The van der Waals surface area contributed by atoms with Crippen molar-refractivity contribution >= 4 is 21.5 Å². The van der Waals surface area contributed by atoms with Gasteiger partial charge in [-0.3, -0.25) is 4.18 Å². The Morgan fingerprint density at radius 3 is 2.52 bits per heavy atom. The minimum Gasteiger partial charge on any atom is -0.270 e. The van der Waals surface area contributed by atoms with Crippen molar-refractivity contribution in [3.8, 4) is 0 Å². The van der Waals surface area contributed by atoms with Crippen molar-refractivity contribution in [1.29, 1.82) is 0 Å². The van der Waals surface area contributed by atoms with Gasteiger partial charge >= 0.3 is 0 Å². The standard InChI is InChI=1S/C15H19NO3S2/c1-12-16-15(11-20-12)7-6-13-4-3-5-14(10-13)8-9-19-21(2,17)18/h3-5,10-11H,6-9H2,1-2H3. The van der Waals surface area contributed by atoms with Crippen LogP contribution in [0, 0.1) is 6.92 Å². The van der Waals surface area contributed by atoms with E-state index in [9.17, 15) is 8.42 Å².